The van der Waals surface area contributed by atoms with Crippen LogP contribution in [0, 0.1) is 6.92 Å². The lowest BCUT2D eigenvalue weighted by molar-refractivity contribution is -0.127. The number of halogens is 1. The van der Waals surface area contributed by atoms with Crippen molar-refractivity contribution in [1.29, 1.82) is 0 Å². The summed E-state index contributed by atoms with van der Waals surface area (Å²) in [5.74, 6) is 0.583. The maximum absolute atomic E-state index is 11.8. The number of benzene rings is 1. The van der Waals surface area contributed by atoms with Crippen molar-refractivity contribution in [3.05, 3.63) is 35.5 Å². The molecule has 27 heavy (non-hydrogen) atoms. The molecule has 0 atom stereocenters. The van der Waals surface area contributed by atoms with E-state index in [9.17, 15) is 4.79 Å². The van der Waals surface area contributed by atoms with Crippen molar-refractivity contribution in [2.75, 3.05) is 47.4 Å². The molecule has 1 heterocycles. The fourth-order valence-corrected chi connectivity index (χ4v) is 2.70. The molecular weight excluding hydrogens is 457 g/mol. The summed E-state index contributed by atoms with van der Waals surface area (Å²) in [6, 6.07) is 8.31. The topological polar surface area (TPSA) is 81.8 Å². The van der Waals surface area contributed by atoms with E-state index in [1.807, 2.05) is 6.07 Å². The average molecular weight is 487 g/mol. The van der Waals surface area contributed by atoms with Gasteiger partial charge in [0, 0.05) is 50.9 Å². The molecule has 0 aliphatic heterocycles. The molecule has 0 aliphatic rings. The molecule has 0 aliphatic carbocycles. The van der Waals surface area contributed by atoms with Crippen molar-refractivity contribution in [2.45, 2.75) is 13.3 Å². The highest BCUT2D eigenvalue weighted by Gasteiger charge is 2.08. The highest BCUT2D eigenvalue weighted by Crippen LogP contribution is 2.21. The Labute approximate surface area is 178 Å². The summed E-state index contributed by atoms with van der Waals surface area (Å²) in [5.41, 5.74) is 3.64. The monoisotopic (exact) mass is 487 g/mol. The zero-order valence-corrected chi connectivity index (χ0v) is 18.8. The number of nitrogens with zero attached hydrogens (tertiary/aromatic N) is 2. The number of para-hydroxylation sites is 1. The van der Waals surface area contributed by atoms with Gasteiger partial charge in [0.1, 0.15) is 6.54 Å². The number of H-pyrrole nitrogens is 1. The number of likely N-dealkylation sites (N-methyl/N-ethyl adjacent to an activating group) is 1. The van der Waals surface area contributed by atoms with Gasteiger partial charge < -0.3 is 25.3 Å². The molecule has 0 spiro atoms. The van der Waals surface area contributed by atoms with Crippen LogP contribution in [0.3, 0.4) is 0 Å². The third-order valence-corrected chi connectivity index (χ3v) is 4.16. The van der Waals surface area contributed by atoms with Crippen LogP contribution in [0.2, 0.25) is 0 Å². The second-order valence-corrected chi connectivity index (χ2v) is 6.32. The van der Waals surface area contributed by atoms with Gasteiger partial charge in [-0.15, -0.1) is 24.0 Å². The van der Waals surface area contributed by atoms with Crippen LogP contribution in [0.4, 0.5) is 0 Å². The van der Waals surface area contributed by atoms with Crippen LogP contribution in [0.5, 0.6) is 0 Å². The van der Waals surface area contributed by atoms with Gasteiger partial charge >= 0.3 is 0 Å². The maximum Gasteiger partial charge on any atom is 0.243 e. The van der Waals surface area contributed by atoms with Crippen molar-refractivity contribution >= 4 is 46.7 Å². The molecule has 1 amide bonds. The SMILES string of the molecule is COCCNC(=NCC(=O)N(C)C)NCCc1c(C)[nH]c2ccccc12.I. The van der Waals surface area contributed by atoms with E-state index in [0.717, 1.165) is 18.5 Å². The maximum atomic E-state index is 11.8. The zero-order chi connectivity index (χ0) is 18.9. The van der Waals surface area contributed by atoms with Crippen LogP contribution >= 0.6 is 24.0 Å². The number of methoxy groups -OCH3 is 1. The molecule has 2 aromatic rings. The van der Waals surface area contributed by atoms with E-state index >= 15 is 0 Å². The van der Waals surface area contributed by atoms with Gasteiger partial charge in [0.05, 0.1) is 6.61 Å². The smallest absolute Gasteiger partial charge is 0.243 e. The van der Waals surface area contributed by atoms with Crippen molar-refractivity contribution < 1.29 is 9.53 Å². The lowest BCUT2D eigenvalue weighted by Crippen LogP contribution is -2.40. The molecule has 0 saturated heterocycles. The first-order valence-electron chi connectivity index (χ1n) is 8.80. The summed E-state index contributed by atoms with van der Waals surface area (Å²) in [4.78, 5) is 21.1. The van der Waals surface area contributed by atoms with Gasteiger partial charge in [-0.05, 0) is 25.0 Å². The molecule has 0 bridgehead atoms. The summed E-state index contributed by atoms with van der Waals surface area (Å²) in [6.45, 7) is 4.13. The highest BCUT2D eigenvalue weighted by molar-refractivity contribution is 14.0. The molecule has 0 radical (unpaired) electrons. The number of nitrogens with one attached hydrogen (secondary N) is 3. The van der Waals surface area contributed by atoms with Gasteiger partial charge in [0.15, 0.2) is 5.96 Å². The number of aryl methyl sites for hydroxylation is 1. The molecule has 1 aromatic heterocycles. The third kappa shape index (κ3) is 7.02. The van der Waals surface area contributed by atoms with Crippen LogP contribution in [-0.4, -0.2) is 69.2 Å². The number of aliphatic imine (C=N–C) groups is 1. The van der Waals surface area contributed by atoms with Gasteiger partial charge in [-0.3, -0.25) is 4.79 Å². The average Bonchev–Trinajstić information content (AvgIpc) is 2.94. The largest absolute Gasteiger partial charge is 0.383 e. The number of carbonyl (C=O) groups is 1. The Morgan fingerprint density at radius 1 is 1.22 bits per heavy atom. The highest BCUT2D eigenvalue weighted by atomic mass is 127. The Kier molecular flexibility index (Phi) is 10.2. The van der Waals surface area contributed by atoms with Gasteiger partial charge in [0.2, 0.25) is 5.91 Å². The molecule has 1 aromatic carbocycles. The number of aromatic amines is 1. The van der Waals surface area contributed by atoms with Crippen LogP contribution in [0.25, 0.3) is 10.9 Å². The Morgan fingerprint density at radius 3 is 2.63 bits per heavy atom. The quantitative estimate of drug-likeness (QED) is 0.230. The first-order valence-corrected chi connectivity index (χ1v) is 8.80. The van der Waals surface area contributed by atoms with E-state index in [2.05, 4.69) is 45.7 Å². The Balaban J connectivity index is 0.00000364. The molecule has 7 nitrogen and oxygen atoms in total. The minimum atomic E-state index is -0.0367. The standard InChI is InChI=1S/C19H29N5O2.HI/c1-14-15(16-7-5-6-8-17(16)23-14)9-10-20-19(21-11-12-26-4)22-13-18(25)24(2)3;/h5-8,23H,9-13H2,1-4H3,(H2,20,21,22);1H. The van der Waals surface area contributed by atoms with Crippen molar-refractivity contribution in [3.8, 4) is 0 Å². The van der Waals surface area contributed by atoms with Gasteiger partial charge in [0.25, 0.3) is 0 Å². The normalized spacial score (nSPS) is 11.2. The molecule has 0 saturated carbocycles. The van der Waals surface area contributed by atoms with Crippen LogP contribution < -0.4 is 10.6 Å². The Morgan fingerprint density at radius 2 is 1.93 bits per heavy atom. The lowest BCUT2D eigenvalue weighted by Gasteiger charge is -2.13. The number of fused-ring (bicyclic) bond motifs is 1. The summed E-state index contributed by atoms with van der Waals surface area (Å²) in [6.07, 6.45) is 0.864. The first kappa shape index (κ1) is 23.2. The van der Waals surface area contributed by atoms with Gasteiger partial charge in [-0.1, -0.05) is 18.2 Å². The number of ether oxygens (including phenoxy) is 1. The van der Waals surface area contributed by atoms with Crippen molar-refractivity contribution in [2.24, 2.45) is 4.99 Å². The molecular formula is C19H30IN5O2. The van der Waals surface area contributed by atoms with Crippen LogP contribution in [0.1, 0.15) is 11.3 Å². The van der Waals surface area contributed by atoms with Gasteiger partial charge in [-0.2, -0.15) is 0 Å². The number of aromatic nitrogens is 1. The molecule has 3 N–H and O–H groups in total. The third-order valence-electron chi connectivity index (χ3n) is 4.16. The predicted octanol–water partition coefficient (Wildman–Crippen LogP) is 1.91. The number of hydrogen-bond donors (Lipinski definition) is 3. The summed E-state index contributed by atoms with van der Waals surface area (Å²) >= 11 is 0. The fourth-order valence-electron chi connectivity index (χ4n) is 2.70. The zero-order valence-electron chi connectivity index (χ0n) is 16.5. The second-order valence-electron chi connectivity index (χ2n) is 6.32. The lowest BCUT2D eigenvalue weighted by atomic mass is 10.1. The van der Waals surface area contributed by atoms with Gasteiger partial charge in [-0.25, -0.2) is 4.99 Å². The molecule has 0 fully saturated rings. The number of carbonyl (C=O) groups excluding carboxylic acids is 1. The summed E-state index contributed by atoms with van der Waals surface area (Å²) in [7, 11) is 5.10. The molecule has 2 rings (SSSR count). The van der Waals surface area contributed by atoms with E-state index in [0.29, 0.717) is 19.1 Å². The Hall–Kier alpha value is -1.81. The van der Waals surface area contributed by atoms with Crippen molar-refractivity contribution in [1.82, 2.24) is 20.5 Å². The molecule has 0 unspecified atom stereocenters. The number of rotatable bonds is 8. The van der Waals surface area contributed by atoms with Crippen molar-refractivity contribution in [3.63, 3.8) is 0 Å². The number of amides is 1. The van der Waals surface area contributed by atoms with E-state index < -0.39 is 0 Å². The fraction of sp³-hybridized carbons (Fsp3) is 0.474. The van der Waals surface area contributed by atoms with E-state index in [1.54, 1.807) is 21.2 Å². The predicted molar refractivity (Wildman–Crippen MR) is 121 cm³/mol. The summed E-state index contributed by atoms with van der Waals surface area (Å²) in [5, 5.41) is 7.73. The van der Waals surface area contributed by atoms with Crippen LogP contribution in [-0.2, 0) is 16.0 Å². The Bertz CT molecular complexity index is 758. The van der Waals surface area contributed by atoms with E-state index in [4.69, 9.17) is 4.74 Å². The summed E-state index contributed by atoms with van der Waals surface area (Å²) < 4.78 is 5.06. The second kappa shape index (κ2) is 11.8. The minimum absolute atomic E-state index is 0. The number of guanidine groups is 1. The molecule has 150 valence electrons. The van der Waals surface area contributed by atoms with Crippen LogP contribution in [0.15, 0.2) is 29.3 Å². The first-order chi connectivity index (χ1) is 12.5. The molecule has 8 heteroatoms. The van der Waals surface area contributed by atoms with E-state index in [-0.39, 0.29) is 36.4 Å². The number of hydrogen-bond acceptors (Lipinski definition) is 3. The van der Waals surface area contributed by atoms with E-state index in [1.165, 1.54) is 21.5 Å². The minimum Gasteiger partial charge on any atom is -0.383 e.